The molecule has 0 saturated carbocycles. The molecule has 318 valence electrons. The van der Waals surface area contributed by atoms with E-state index in [1.54, 1.807) is 44.2 Å². The highest BCUT2D eigenvalue weighted by Gasteiger charge is 2.39. The maximum atomic E-state index is 13.3. The molecule has 2 atom stereocenters. The molecule has 1 aliphatic rings. The zero-order valence-electron chi connectivity index (χ0n) is 33.5. The molecule has 9 amide bonds. The topological polar surface area (TPSA) is 288 Å². The van der Waals surface area contributed by atoms with Crippen LogP contribution in [-0.4, -0.2) is 143 Å². The third-order valence-electron chi connectivity index (χ3n) is 7.72. The van der Waals surface area contributed by atoms with Crippen LogP contribution in [0.5, 0.6) is 0 Å². The second kappa shape index (κ2) is 21.8. The van der Waals surface area contributed by atoms with Crippen molar-refractivity contribution in [3.05, 3.63) is 48.0 Å². The summed E-state index contributed by atoms with van der Waals surface area (Å²) in [5.74, 6) is -7.96. The molecule has 21 nitrogen and oxygen atoms in total. The van der Waals surface area contributed by atoms with Gasteiger partial charge in [-0.2, -0.15) is 0 Å². The van der Waals surface area contributed by atoms with E-state index in [2.05, 4.69) is 31.9 Å². The zero-order chi connectivity index (χ0) is 43.8. The lowest BCUT2D eigenvalue weighted by Gasteiger charge is -2.31. The molecule has 0 unspecified atom stereocenters. The van der Waals surface area contributed by atoms with Crippen LogP contribution in [0.4, 0.5) is 4.79 Å². The first-order chi connectivity index (χ1) is 27.0. The van der Waals surface area contributed by atoms with E-state index in [0.717, 1.165) is 12.2 Å². The summed E-state index contributed by atoms with van der Waals surface area (Å²) in [7, 11) is 0. The molecule has 1 aromatic carbocycles. The number of hydrogen-bond acceptors (Lipinski definition) is 12. The van der Waals surface area contributed by atoms with Crippen LogP contribution < -0.4 is 31.9 Å². The first kappa shape index (κ1) is 47.8. The normalized spacial score (nSPS) is 13.6. The second-order valence-corrected chi connectivity index (χ2v) is 14.7. The third-order valence-corrected chi connectivity index (χ3v) is 7.72. The van der Waals surface area contributed by atoms with E-state index in [-0.39, 0.29) is 25.1 Å². The molecular formula is C37H52N8O13. The van der Waals surface area contributed by atoms with Crippen LogP contribution in [0.25, 0.3) is 0 Å². The van der Waals surface area contributed by atoms with Crippen molar-refractivity contribution in [3.8, 4) is 0 Å². The Morgan fingerprint density at radius 1 is 0.759 bits per heavy atom. The molecule has 0 aliphatic carbocycles. The van der Waals surface area contributed by atoms with Crippen LogP contribution in [0.1, 0.15) is 54.0 Å². The first-order valence-corrected chi connectivity index (χ1v) is 18.1. The maximum absolute atomic E-state index is 13.3. The Kier molecular flexibility index (Phi) is 18.0. The van der Waals surface area contributed by atoms with E-state index in [1.807, 2.05) is 0 Å². The number of hydrogen-bond donors (Lipinski definition) is 7. The third kappa shape index (κ3) is 16.8. The van der Waals surface area contributed by atoms with Gasteiger partial charge in [-0.25, -0.2) is 4.79 Å². The highest BCUT2D eigenvalue weighted by molar-refractivity contribution is 6.15. The van der Waals surface area contributed by atoms with Gasteiger partial charge >= 0.3 is 12.1 Å². The van der Waals surface area contributed by atoms with Crippen LogP contribution >= 0.6 is 0 Å². The number of rotatable bonds is 21. The molecule has 58 heavy (non-hydrogen) atoms. The Bertz CT molecular complexity index is 1720. The smallest absolute Gasteiger partial charge is 0.410 e. The van der Waals surface area contributed by atoms with Gasteiger partial charge in [0.1, 0.15) is 36.6 Å². The average molecular weight is 817 g/mol. The van der Waals surface area contributed by atoms with E-state index < -0.39 is 109 Å². The number of nitrogens with one attached hydrogen (secondary N) is 6. The highest BCUT2D eigenvalue weighted by Crippen LogP contribution is 2.15. The number of nitrogens with zero attached hydrogens (tertiary/aromatic N) is 2. The largest absolute Gasteiger partial charge is 0.480 e. The summed E-state index contributed by atoms with van der Waals surface area (Å²) in [6.45, 7) is 7.12. The van der Waals surface area contributed by atoms with Crippen LogP contribution in [0.3, 0.4) is 0 Å². The Hall–Kier alpha value is -6.38. The zero-order valence-corrected chi connectivity index (χ0v) is 33.5. The van der Waals surface area contributed by atoms with Gasteiger partial charge in [0, 0.05) is 24.6 Å². The molecule has 1 aliphatic heterocycles. The molecule has 0 radical (unpaired) electrons. The monoisotopic (exact) mass is 816 g/mol. The number of ether oxygens (including phenoxy) is 2. The summed E-state index contributed by atoms with van der Waals surface area (Å²) in [4.78, 5) is 127. The van der Waals surface area contributed by atoms with Gasteiger partial charge in [-0.1, -0.05) is 30.3 Å². The Balaban J connectivity index is 2.02. The van der Waals surface area contributed by atoms with Crippen molar-refractivity contribution in [1.82, 2.24) is 41.7 Å². The molecule has 0 spiro atoms. The van der Waals surface area contributed by atoms with Gasteiger partial charge in [0.05, 0.1) is 26.2 Å². The molecule has 0 saturated heterocycles. The van der Waals surface area contributed by atoms with E-state index in [1.165, 1.54) is 34.6 Å². The molecule has 7 N–H and O–H groups in total. The fourth-order valence-electron chi connectivity index (χ4n) is 4.89. The molecule has 0 bridgehead atoms. The quantitative estimate of drug-likeness (QED) is 0.0527. The van der Waals surface area contributed by atoms with E-state index in [4.69, 9.17) is 9.47 Å². The number of benzene rings is 1. The maximum Gasteiger partial charge on any atom is 0.410 e. The average Bonchev–Trinajstić information content (AvgIpc) is 3.45. The number of carbonyl (C=O) groups excluding carboxylic acids is 9. The molecule has 1 aromatic rings. The minimum Gasteiger partial charge on any atom is -0.480 e. The SMILES string of the molecule is CC(C)NC(=O)C(C)(C)OCNC(=O)CNC(=O)[C@@H](Cc1ccccc1)NC(=O)CNC(=O)CNC(=O)[C@H](CN(CC(=O)O)C(=O)OC(C)(C)C)N1C(=O)C=CC1=O. The van der Waals surface area contributed by atoms with E-state index >= 15 is 0 Å². The number of imide groups is 1. The number of amides is 9. The molecule has 1 heterocycles. The minimum absolute atomic E-state index is 0.00131. The second-order valence-electron chi connectivity index (χ2n) is 14.7. The summed E-state index contributed by atoms with van der Waals surface area (Å²) < 4.78 is 10.7. The summed E-state index contributed by atoms with van der Waals surface area (Å²) in [6.07, 6.45) is 0.595. The van der Waals surface area contributed by atoms with Gasteiger partial charge in [0.15, 0.2) is 0 Å². The summed E-state index contributed by atoms with van der Waals surface area (Å²) in [5.41, 5.74) is -1.67. The summed E-state index contributed by atoms with van der Waals surface area (Å²) in [5, 5.41) is 23.9. The fraction of sp³-hybridized carbons (Fsp3) is 0.514. The van der Waals surface area contributed by atoms with Gasteiger partial charge in [-0.15, -0.1) is 0 Å². The summed E-state index contributed by atoms with van der Waals surface area (Å²) in [6, 6.07) is 5.48. The van der Waals surface area contributed by atoms with Crippen molar-refractivity contribution in [2.75, 3.05) is 39.5 Å². The molecular weight excluding hydrogens is 764 g/mol. The lowest BCUT2D eigenvalue weighted by atomic mass is 10.1. The Labute approximate surface area is 335 Å². The van der Waals surface area contributed by atoms with Gasteiger partial charge in [0.2, 0.25) is 29.5 Å². The Morgan fingerprint density at radius 3 is 1.86 bits per heavy atom. The van der Waals surface area contributed by atoms with E-state index in [9.17, 15) is 53.1 Å². The van der Waals surface area contributed by atoms with Crippen molar-refractivity contribution in [2.24, 2.45) is 0 Å². The lowest BCUT2D eigenvalue weighted by molar-refractivity contribution is -0.146. The van der Waals surface area contributed by atoms with Crippen LogP contribution in [0, 0.1) is 0 Å². The number of carboxylic acid groups (broad SMARTS) is 1. The molecule has 0 fully saturated rings. The van der Waals surface area contributed by atoms with Crippen molar-refractivity contribution in [3.63, 3.8) is 0 Å². The lowest BCUT2D eigenvalue weighted by Crippen LogP contribution is -2.57. The molecule has 0 aromatic heterocycles. The standard InChI is InChI=1S/C37H52N8O13/c1-22(2)42-34(55)37(6,7)57-21-41-27(47)17-39-32(53)24(15-23-11-9-8-10-12-23)43-28(48)18-38-26(46)16-40-33(54)25(45-29(49)13-14-30(45)50)19-44(20-31(51)52)35(56)58-36(3,4)5/h8-14,22,24-25H,15-21H2,1-7H3,(H,38,46)(H,39,53)(H,40,54)(H,41,47)(H,42,55)(H,43,48)(H,51,52)/t24-,25+/m1/s1. The van der Waals surface area contributed by atoms with Crippen molar-refractivity contribution in [1.29, 1.82) is 0 Å². The highest BCUT2D eigenvalue weighted by atomic mass is 16.6. The van der Waals surface area contributed by atoms with E-state index in [0.29, 0.717) is 15.4 Å². The van der Waals surface area contributed by atoms with Crippen molar-refractivity contribution in [2.45, 2.75) is 84.2 Å². The van der Waals surface area contributed by atoms with Crippen molar-refractivity contribution < 1.29 is 62.5 Å². The number of aliphatic carboxylic acids is 1. The van der Waals surface area contributed by atoms with Crippen molar-refractivity contribution >= 4 is 59.3 Å². The molecule has 21 heteroatoms. The number of carbonyl (C=O) groups is 10. The predicted molar refractivity (Wildman–Crippen MR) is 203 cm³/mol. The fourth-order valence-corrected chi connectivity index (χ4v) is 4.89. The van der Waals surface area contributed by atoms with Gasteiger partial charge in [-0.3, -0.25) is 53.0 Å². The van der Waals surface area contributed by atoms with Crippen LogP contribution in [0.15, 0.2) is 42.5 Å². The van der Waals surface area contributed by atoms with Gasteiger partial charge in [-0.05, 0) is 54.0 Å². The Morgan fingerprint density at radius 2 is 1.31 bits per heavy atom. The van der Waals surface area contributed by atoms with Gasteiger partial charge in [0.25, 0.3) is 17.7 Å². The molecule has 2 rings (SSSR count). The first-order valence-electron chi connectivity index (χ1n) is 18.1. The number of carboxylic acids is 1. The van der Waals surface area contributed by atoms with Crippen LogP contribution in [0.2, 0.25) is 0 Å². The summed E-state index contributed by atoms with van der Waals surface area (Å²) >= 11 is 0. The van der Waals surface area contributed by atoms with Gasteiger partial charge < -0.3 is 46.5 Å². The van der Waals surface area contributed by atoms with Crippen LogP contribution in [-0.2, 0) is 59.0 Å². The predicted octanol–water partition coefficient (Wildman–Crippen LogP) is -1.93. The minimum atomic E-state index is -1.78.